The normalized spacial score (nSPS) is 47.8. The van der Waals surface area contributed by atoms with E-state index in [1.165, 1.54) is 6.08 Å². The van der Waals surface area contributed by atoms with Gasteiger partial charge >= 0.3 is 11.9 Å². The van der Waals surface area contributed by atoms with E-state index in [4.69, 9.17) is 18.9 Å². The highest BCUT2D eigenvalue weighted by Crippen LogP contribution is 2.70. The number of carbonyl (C=O) groups excluding carboxylic acids is 3. The summed E-state index contributed by atoms with van der Waals surface area (Å²) in [6.07, 6.45) is 2.73. The molecule has 0 aromatic carbocycles. The van der Waals surface area contributed by atoms with Crippen molar-refractivity contribution in [1.29, 1.82) is 0 Å². The lowest BCUT2D eigenvalue weighted by molar-refractivity contribution is -0.221. The first-order chi connectivity index (χ1) is 15.9. The quantitative estimate of drug-likeness (QED) is 0.462. The predicted octanol–water partition coefficient (Wildman–Crippen LogP) is 3.33. The van der Waals surface area contributed by atoms with Gasteiger partial charge in [0.05, 0.1) is 6.10 Å². The molecule has 5 rings (SSSR count). The summed E-state index contributed by atoms with van der Waals surface area (Å²) in [5.41, 5.74) is 0.480. The Morgan fingerprint density at radius 3 is 2.26 bits per heavy atom. The molecule has 0 radical (unpaired) electrons. The number of ketones is 1. The van der Waals surface area contributed by atoms with Crippen molar-refractivity contribution in [3.05, 3.63) is 35.5 Å². The number of fused-ring (bicyclic) bond motifs is 2. The number of hydrogen-bond acceptors (Lipinski definition) is 7. The van der Waals surface area contributed by atoms with Crippen molar-refractivity contribution in [2.75, 3.05) is 14.2 Å². The predicted molar refractivity (Wildman–Crippen MR) is 122 cm³/mol. The molecule has 0 aromatic heterocycles. The van der Waals surface area contributed by atoms with Gasteiger partial charge in [0.2, 0.25) is 0 Å². The van der Waals surface area contributed by atoms with Gasteiger partial charge in [-0.3, -0.25) is 4.79 Å². The maximum atomic E-state index is 14.0. The summed E-state index contributed by atoms with van der Waals surface area (Å²) in [7, 11) is 3.23. The van der Waals surface area contributed by atoms with Crippen molar-refractivity contribution in [3.63, 3.8) is 0 Å². The molecule has 0 unspecified atom stereocenters. The molecule has 184 valence electrons. The molecule has 5 aliphatic rings. The lowest BCUT2D eigenvalue weighted by atomic mass is 9.38. The fourth-order valence-electron chi connectivity index (χ4n) is 8.43. The zero-order chi connectivity index (χ0) is 24.8. The molecule has 3 saturated carbocycles. The van der Waals surface area contributed by atoms with Crippen LogP contribution in [0.15, 0.2) is 35.5 Å². The summed E-state index contributed by atoms with van der Waals surface area (Å²) in [5.74, 6) is -1.13. The van der Waals surface area contributed by atoms with Crippen molar-refractivity contribution >= 4 is 17.7 Å². The Morgan fingerprint density at radius 2 is 1.68 bits per heavy atom. The third-order valence-electron chi connectivity index (χ3n) is 9.77. The van der Waals surface area contributed by atoms with E-state index in [0.717, 1.165) is 16.7 Å². The van der Waals surface area contributed by atoms with E-state index in [2.05, 4.69) is 13.5 Å². The molecular weight excluding hydrogens is 436 g/mol. The SMILES string of the molecule is C=C1C[C@@H](OC)C(=O)[C@]2(C)[C@H]3[C@@H](OC)C[C@@](C)([C@@H]4OC(=O)C=C4C)C4=CC(=O)O[C@@H](C[C@H]12)[C@@]43C. The number of rotatable bonds is 3. The van der Waals surface area contributed by atoms with E-state index in [0.29, 0.717) is 19.3 Å². The highest BCUT2D eigenvalue weighted by atomic mass is 16.6. The number of esters is 2. The first-order valence-corrected chi connectivity index (χ1v) is 12.0. The van der Waals surface area contributed by atoms with Gasteiger partial charge in [-0.15, -0.1) is 0 Å². The van der Waals surface area contributed by atoms with E-state index in [-0.39, 0.29) is 29.7 Å². The molecular formula is C27H34O7. The molecule has 0 aromatic rings. The number of cyclic esters (lactones) is 1. The van der Waals surface area contributed by atoms with Gasteiger partial charge < -0.3 is 18.9 Å². The van der Waals surface area contributed by atoms with Crippen LogP contribution in [0.5, 0.6) is 0 Å². The first-order valence-electron chi connectivity index (χ1n) is 12.0. The van der Waals surface area contributed by atoms with Crippen LogP contribution in [0.2, 0.25) is 0 Å². The number of Topliss-reactive ketones (excluding diaryl/α,β-unsaturated/α-hetero) is 1. The minimum atomic E-state index is -0.802. The topological polar surface area (TPSA) is 88.1 Å². The average molecular weight is 471 g/mol. The lowest BCUT2D eigenvalue weighted by Gasteiger charge is -2.68. The second-order valence-electron chi connectivity index (χ2n) is 11.4. The van der Waals surface area contributed by atoms with Gasteiger partial charge in [-0.2, -0.15) is 0 Å². The van der Waals surface area contributed by atoms with Gasteiger partial charge in [-0.05, 0) is 36.8 Å². The smallest absolute Gasteiger partial charge is 0.331 e. The summed E-state index contributed by atoms with van der Waals surface area (Å²) in [6.45, 7) is 12.4. The molecule has 2 aliphatic heterocycles. The summed E-state index contributed by atoms with van der Waals surface area (Å²) >= 11 is 0. The Kier molecular flexibility index (Phi) is 5.09. The highest BCUT2D eigenvalue weighted by Gasteiger charge is 2.73. The molecule has 3 aliphatic carbocycles. The number of ether oxygens (including phenoxy) is 4. The monoisotopic (exact) mass is 470 g/mol. The number of hydrogen-bond donors (Lipinski definition) is 0. The molecule has 3 fully saturated rings. The van der Waals surface area contributed by atoms with Crippen LogP contribution in [0.4, 0.5) is 0 Å². The van der Waals surface area contributed by atoms with Gasteiger partial charge in [0.15, 0.2) is 5.78 Å². The van der Waals surface area contributed by atoms with Crippen molar-refractivity contribution < 1.29 is 33.3 Å². The van der Waals surface area contributed by atoms with Gasteiger partial charge in [0.25, 0.3) is 0 Å². The summed E-state index contributed by atoms with van der Waals surface area (Å²) in [6, 6.07) is 0. The zero-order valence-electron chi connectivity index (χ0n) is 20.8. The Balaban J connectivity index is 1.73. The second-order valence-corrected chi connectivity index (χ2v) is 11.4. The number of methoxy groups -OCH3 is 2. The van der Waals surface area contributed by atoms with E-state index in [9.17, 15) is 14.4 Å². The molecule has 0 N–H and O–H groups in total. The summed E-state index contributed by atoms with van der Waals surface area (Å²) in [5, 5.41) is 0. The van der Waals surface area contributed by atoms with E-state index >= 15 is 0 Å². The Morgan fingerprint density at radius 1 is 1.00 bits per heavy atom. The van der Waals surface area contributed by atoms with Gasteiger partial charge in [-0.1, -0.05) is 32.9 Å². The minimum absolute atomic E-state index is 0.0577. The summed E-state index contributed by atoms with van der Waals surface area (Å²) < 4.78 is 23.5. The molecule has 34 heavy (non-hydrogen) atoms. The molecule has 0 saturated heterocycles. The zero-order valence-corrected chi connectivity index (χ0v) is 20.8. The number of carbonyl (C=O) groups is 3. The second kappa shape index (κ2) is 7.37. The summed E-state index contributed by atoms with van der Waals surface area (Å²) in [4.78, 5) is 39.0. The maximum Gasteiger partial charge on any atom is 0.331 e. The molecule has 0 bridgehead atoms. The molecule has 0 spiro atoms. The third kappa shape index (κ3) is 2.74. The van der Waals surface area contributed by atoms with Crippen LogP contribution in [0.25, 0.3) is 0 Å². The van der Waals surface area contributed by atoms with E-state index in [1.54, 1.807) is 20.3 Å². The first kappa shape index (κ1) is 23.5. The van der Waals surface area contributed by atoms with E-state index < -0.39 is 40.5 Å². The van der Waals surface area contributed by atoms with E-state index in [1.807, 2.05) is 20.8 Å². The van der Waals surface area contributed by atoms with Crippen LogP contribution in [-0.4, -0.2) is 56.4 Å². The van der Waals surface area contributed by atoms with Crippen LogP contribution >= 0.6 is 0 Å². The van der Waals surface area contributed by atoms with Crippen LogP contribution in [-0.2, 0) is 33.3 Å². The fraction of sp³-hybridized carbons (Fsp3) is 0.667. The largest absolute Gasteiger partial charge is 0.458 e. The molecule has 7 nitrogen and oxygen atoms in total. The van der Waals surface area contributed by atoms with Crippen molar-refractivity contribution in [1.82, 2.24) is 0 Å². The van der Waals surface area contributed by atoms with Crippen molar-refractivity contribution in [2.24, 2.45) is 28.1 Å². The van der Waals surface area contributed by atoms with Gasteiger partial charge in [0, 0.05) is 55.0 Å². The van der Waals surface area contributed by atoms with Crippen LogP contribution < -0.4 is 0 Å². The van der Waals surface area contributed by atoms with Crippen molar-refractivity contribution in [3.8, 4) is 0 Å². The standard InChI is InChI=1S/C27H34O7/c1-13-8-16(31-6)23(30)26(4)15(13)10-19-27(5)18(11-21(29)33-19)25(3,12-17(32-7)22(26)27)24-14(2)9-20(28)34-24/h9,11,15-17,19,22,24H,1,8,10,12H2,2-7H3/t15-,16-,17+,19+,22-,24-,25-,26+,27-/m1/s1. The van der Waals surface area contributed by atoms with Gasteiger partial charge in [0.1, 0.15) is 18.3 Å². The lowest BCUT2D eigenvalue weighted by Crippen LogP contribution is -2.71. The Hall–Kier alpha value is -2.25. The molecule has 9 atom stereocenters. The van der Waals surface area contributed by atoms with Gasteiger partial charge in [-0.25, -0.2) is 9.59 Å². The highest BCUT2D eigenvalue weighted by molar-refractivity contribution is 5.92. The van der Waals surface area contributed by atoms with Crippen molar-refractivity contribution in [2.45, 2.75) is 71.4 Å². The maximum absolute atomic E-state index is 14.0. The van der Waals surface area contributed by atoms with Crippen LogP contribution in [0, 0.1) is 28.1 Å². The third-order valence-corrected chi connectivity index (χ3v) is 9.77. The minimum Gasteiger partial charge on any atom is -0.458 e. The fourth-order valence-corrected chi connectivity index (χ4v) is 8.43. The Labute approximate surface area is 200 Å². The van der Waals surface area contributed by atoms with Crippen LogP contribution in [0.3, 0.4) is 0 Å². The van der Waals surface area contributed by atoms with Crippen LogP contribution in [0.1, 0.15) is 47.0 Å². The molecule has 7 heteroatoms. The Bertz CT molecular complexity index is 1060. The average Bonchev–Trinajstić information content (AvgIpc) is 3.12. The molecule has 0 amide bonds. The molecule has 2 heterocycles.